The summed E-state index contributed by atoms with van der Waals surface area (Å²) in [6.45, 7) is 3.75. The number of hydrogen-bond acceptors (Lipinski definition) is 5. The molecule has 0 fully saturated rings. The molecule has 6 heteroatoms. The van der Waals surface area contributed by atoms with Crippen LogP contribution in [0.3, 0.4) is 0 Å². The van der Waals surface area contributed by atoms with E-state index in [4.69, 9.17) is 9.15 Å². The van der Waals surface area contributed by atoms with Crippen molar-refractivity contribution in [3.8, 4) is 11.5 Å². The van der Waals surface area contributed by atoms with Gasteiger partial charge < -0.3 is 19.6 Å². The van der Waals surface area contributed by atoms with Crippen LogP contribution in [0.15, 0.2) is 64.3 Å². The highest BCUT2D eigenvalue weighted by atomic mass is 16.5. The Hall–Kier alpha value is -3.54. The lowest BCUT2D eigenvalue weighted by Crippen LogP contribution is -2.18. The fraction of sp³-hybridized carbons (Fsp3) is 0.0526. The molecule has 3 rings (SSSR count). The highest BCUT2D eigenvalue weighted by Crippen LogP contribution is 2.31. The number of aromatic hydroxyl groups is 1. The number of phenols is 1. The van der Waals surface area contributed by atoms with E-state index >= 15 is 0 Å². The summed E-state index contributed by atoms with van der Waals surface area (Å²) in [6, 6.07) is 13.2. The summed E-state index contributed by atoms with van der Waals surface area (Å²) in [6.07, 6.45) is 0. The van der Waals surface area contributed by atoms with Gasteiger partial charge in [0.15, 0.2) is 11.5 Å². The topological polar surface area (TPSA) is 88.8 Å². The Balaban J connectivity index is 1.94. The zero-order valence-corrected chi connectivity index (χ0v) is 13.4. The van der Waals surface area contributed by atoms with E-state index in [1.165, 1.54) is 25.3 Å². The minimum absolute atomic E-state index is 0.0256. The van der Waals surface area contributed by atoms with Crippen LogP contribution in [0.1, 0.15) is 5.56 Å². The van der Waals surface area contributed by atoms with Gasteiger partial charge in [0.05, 0.1) is 7.11 Å². The zero-order valence-electron chi connectivity index (χ0n) is 13.4. The number of amides is 1. The molecule has 0 spiro atoms. The van der Waals surface area contributed by atoms with Gasteiger partial charge in [-0.2, -0.15) is 0 Å². The lowest BCUT2D eigenvalue weighted by Gasteiger charge is -2.09. The average molecular weight is 337 g/mol. The second-order valence-electron chi connectivity index (χ2n) is 5.31. The molecule has 2 aromatic carbocycles. The number of nitrogens with one attached hydrogen (secondary N) is 1. The van der Waals surface area contributed by atoms with Gasteiger partial charge in [-0.15, -0.1) is 0 Å². The van der Waals surface area contributed by atoms with E-state index in [1.54, 1.807) is 24.3 Å². The third kappa shape index (κ3) is 3.23. The van der Waals surface area contributed by atoms with Crippen molar-refractivity contribution in [3.05, 3.63) is 71.1 Å². The van der Waals surface area contributed by atoms with Gasteiger partial charge in [0, 0.05) is 17.0 Å². The summed E-state index contributed by atoms with van der Waals surface area (Å²) < 4.78 is 10.2. The predicted octanol–water partition coefficient (Wildman–Crippen LogP) is 3.16. The first-order valence-corrected chi connectivity index (χ1v) is 7.40. The Morgan fingerprint density at radius 2 is 1.92 bits per heavy atom. The second-order valence-corrected chi connectivity index (χ2v) is 5.31. The van der Waals surface area contributed by atoms with E-state index in [2.05, 4.69) is 11.9 Å². The molecule has 0 bridgehead atoms. The van der Waals surface area contributed by atoms with Crippen molar-refractivity contribution >= 4 is 28.1 Å². The number of anilines is 1. The molecule has 0 aliphatic carbocycles. The molecule has 1 amide bonds. The first-order valence-electron chi connectivity index (χ1n) is 7.40. The number of hydrogen-bond donors (Lipinski definition) is 2. The molecule has 0 aliphatic rings. The number of methoxy groups -OCH3 is 1. The first kappa shape index (κ1) is 16.3. The largest absolute Gasteiger partial charge is 0.504 e. The van der Waals surface area contributed by atoms with Crippen LogP contribution in [0, 0.1) is 0 Å². The van der Waals surface area contributed by atoms with Crippen molar-refractivity contribution in [1.82, 2.24) is 0 Å². The predicted molar refractivity (Wildman–Crippen MR) is 94.8 cm³/mol. The van der Waals surface area contributed by atoms with E-state index in [-0.39, 0.29) is 28.3 Å². The van der Waals surface area contributed by atoms with Crippen molar-refractivity contribution in [2.24, 2.45) is 0 Å². The fourth-order valence-electron chi connectivity index (χ4n) is 2.35. The number of ether oxygens (including phenoxy) is 1. The first-order chi connectivity index (χ1) is 12.0. The summed E-state index contributed by atoms with van der Waals surface area (Å²) >= 11 is 0. The van der Waals surface area contributed by atoms with E-state index in [0.717, 1.165) is 0 Å². The van der Waals surface area contributed by atoms with E-state index in [0.29, 0.717) is 10.9 Å². The number of fused-ring (bicyclic) bond motifs is 1. The molecule has 2 N–H and O–H groups in total. The summed E-state index contributed by atoms with van der Waals surface area (Å²) in [5, 5.41) is 12.7. The maximum atomic E-state index is 12.3. The molecular formula is C19H15NO5. The lowest BCUT2D eigenvalue weighted by molar-refractivity contribution is -0.111. The number of phenolic OH excluding ortho intramolecular Hbond substituents is 1. The molecule has 1 heterocycles. The molecule has 0 aliphatic heterocycles. The Morgan fingerprint density at radius 1 is 1.20 bits per heavy atom. The average Bonchev–Trinajstić information content (AvgIpc) is 2.62. The second kappa shape index (κ2) is 6.52. The molecule has 0 saturated carbocycles. The SMILES string of the molecule is C=C(C(=O)Nc1cc2cc(OC)c(O)cc2oc1=O)c1ccccc1. The maximum absolute atomic E-state index is 12.3. The minimum Gasteiger partial charge on any atom is -0.504 e. The summed E-state index contributed by atoms with van der Waals surface area (Å²) in [5.41, 5.74) is 0.303. The molecule has 25 heavy (non-hydrogen) atoms. The zero-order chi connectivity index (χ0) is 18.0. The molecule has 0 atom stereocenters. The van der Waals surface area contributed by atoms with E-state index in [1.807, 2.05) is 6.07 Å². The summed E-state index contributed by atoms with van der Waals surface area (Å²) in [5.74, 6) is -0.427. The van der Waals surface area contributed by atoms with Crippen LogP contribution in [0.25, 0.3) is 16.5 Å². The molecule has 1 aromatic heterocycles. The quantitative estimate of drug-likeness (QED) is 0.564. The van der Waals surface area contributed by atoms with Gasteiger partial charge in [0.25, 0.3) is 5.91 Å². The van der Waals surface area contributed by atoms with Gasteiger partial charge in [-0.3, -0.25) is 4.79 Å². The normalized spacial score (nSPS) is 10.4. The highest BCUT2D eigenvalue weighted by molar-refractivity contribution is 6.24. The number of carbonyl (C=O) groups excluding carboxylic acids is 1. The van der Waals surface area contributed by atoms with Gasteiger partial charge in [-0.05, 0) is 17.7 Å². The third-order valence-corrected chi connectivity index (χ3v) is 3.68. The number of carbonyl (C=O) groups is 1. The van der Waals surface area contributed by atoms with Crippen molar-refractivity contribution in [3.63, 3.8) is 0 Å². The van der Waals surface area contributed by atoms with Crippen LogP contribution in [-0.4, -0.2) is 18.1 Å². The molecule has 0 radical (unpaired) electrons. The van der Waals surface area contributed by atoms with Crippen LogP contribution >= 0.6 is 0 Å². The van der Waals surface area contributed by atoms with Crippen LogP contribution in [0.2, 0.25) is 0 Å². The van der Waals surface area contributed by atoms with Crippen molar-refractivity contribution in [1.29, 1.82) is 0 Å². The Bertz CT molecular complexity index is 1020. The fourth-order valence-corrected chi connectivity index (χ4v) is 2.35. The van der Waals surface area contributed by atoms with Gasteiger partial charge in [0.2, 0.25) is 0 Å². The molecule has 0 unspecified atom stereocenters. The standard InChI is InChI=1S/C19H15NO5/c1-11(12-6-4-3-5-7-12)18(22)20-14-8-13-9-17(24-2)15(21)10-16(13)25-19(14)23/h3-10,21H,1H2,2H3,(H,20,22). The van der Waals surface area contributed by atoms with Gasteiger partial charge in [0.1, 0.15) is 11.3 Å². The van der Waals surface area contributed by atoms with Crippen molar-refractivity contribution < 1.29 is 19.1 Å². The van der Waals surface area contributed by atoms with E-state index in [9.17, 15) is 14.7 Å². The number of benzene rings is 2. The Kier molecular flexibility index (Phi) is 4.26. The van der Waals surface area contributed by atoms with Crippen LogP contribution in [0.5, 0.6) is 11.5 Å². The highest BCUT2D eigenvalue weighted by Gasteiger charge is 2.14. The van der Waals surface area contributed by atoms with Gasteiger partial charge >= 0.3 is 5.63 Å². The van der Waals surface area contributed by atoms with Crippen molar-refractivity contribution in [2.75, 3.05) is 12.4 Å². The molecule has 126 valence electrons. The van der Waals surface area contributed by atoms with Gasteiger partial charge in [-0.25, -0.2) is 4.79 Å². The summed E-state index contributed by atoms with van der Waals surface area (Å²) in [7, 11) is 1.41. The Morgan fingerprint density at radius 3 is 2.60 bits per heavy atom. The summed E-state index contributed by atoms with van der Waals surface area (Å²) in [4.78, 5) is 24.4. The number of rotatable bonds is 4. The van der Waals surface area contributed by atoms with Crippen LogP contribution < -0.4 is 15.7 Å². The Labute approximate surface area is 143 Å². The van der Waals surface area contributed by atoms with Crippen molar-refractivity contribution in [2.45, 2.75) is 0 Å². The molecule has 6 nitrogen and oxygen atoms in total. The van der Waals surface area contributed by atoms with Crippen LogP contribution in [-0.2, 0) is 4.79 Å². The van der Waals surface area contributed by atoms with E-state index < -0.39 is 11.5 Å². The lowest BCUT2D eigenvalue weighted by atomic mass is 10.1. The monoisotopic (exact) mass is 337 g/mol. The molecule has 3 aromatic rings. The smallest absolute Gasteiger partial charge is 0.360 e. The minimum atomic E-state index is -0.730. The third-order valence-electron chi connectivity index (χ3n) is 3.68. The van der Waals surface area contributed by atoms with Gasteiger partial charge in [-0.1, -0.05) is 36.9 Å². The maximum Gasteiger partial charge on any atom is 0.360 e. The molecule has 0 saturated heterocycles. The molecular weight excluding hydrogens is 322 g/mol. The van der Waals surface area contributed by atoms with Crippen LogP contribution in [0.4, 0.5) is 5.69 Å².